The number of piperidine rings is 1. The molecule has 1 saturated carbocycles. The fraction of sp³-hybridized carbons (Fsp3) is 0.409. The van der Waals surface area contributed by atoms with E-state index < -0.39 is 11.6 Å². The number of hydrogen-bond acceptors (Lipinski definition) is 2. The molecule has 1 N–H and O–H groups in total. The molecule has 4 nitrogen and oxygen atoms in total. The molecule has 2 unspecified atom stereocenters. The Bertz CT molecular complexity index is 915. The molecule has 5 rings (SSSR count). The average molecular weight is 383 g/mol. The fourth-order valence-corrected chi connectivity index (χ4v) is 4.95. The van der Waals surface area contributed by atoms with Gasteiger partial charge >= 0.3 is 6.03 Å². The Hall–Kier alpha value is -2.63. The number of benzene rings is 2. The van der Waals surface area contributed by atoms with Gasteiger partial charge in [-0.15, -0.1) is 0 Å². The average Bonchev–Trinajstić information content (AvgIpc) is 3.35. The number of nitrogens with zero attached hydrogens (tertiary/aromatic N) is 2. The number of hydrogen-bond donors (Lipinski definition) is 1. The van der Waals surface area contributed by atoms with Crippen molar-refractivity contribution in [2.75, 3.05) is 23.3 Å². The first-order valence-corrected chi connectivity index (χ1v) is 9.97. The minimum absolute atomic E-state index is 0.0830. The predicted molar refractivity (Wildman–Crippen MR) is 104 cm³/mol. The third kappa shape index (κ3) is 3.01. The van der Waals surface area contributed by atoms with Gasteiger partial charge in [0.05, 0.1) is 6.54 Å². The third-order valence-electron chi connectivity index (χ3n) is 6.44. The van der Waals surface area contributed by atoms with Crippen LogP contribution in [0.4, 0.5) is 25.0 Å². The van der Waals surface area contributed by atoms with E-state index in [9.17, 15) is 13.6 Å². The van der Waals surface area contributed by atoms with Gasteiger partial charge in [-0.2, -0.15) is 0 Å². The van der Waals surface area contributed by atoms with E-state index in [1.165, 1.54) is 29.8 Å². The zero-order chi connectivity index (χ0) is 19.3. The van der Waals surface area contributed by atoms with E-state index in [0.717, 1.165) is 24.6 Å². The lowest BCUT2D eigenvalue weighted by Gasteiger charge is -2.30. The summed E-state index contributed by atoms with van der Waals surface area (Å²) in [6, 6.07) is 10.6. The van der Waals surface area contributed by atoms with Crippen LogP contribution in [-0.4, -0.2) is 30.1 Å². The molecule has 1 saturated heterocycles. The normalized spacial score (nSPS) is 23.1. The molecule has 28 heavy (non-hydrogen) atoms. The van der Waals surface area contributed by atoms with Gasteiger partial charge in [-0.1, -0.05) is 0 Å². The number of rotatable bonds is 2. The van der Waals surface area contributed by atoms with Gasteiger partial charge in [0, 0.05) is 36.1 Å². The summed E-state index contributed by atoms with van der Waals surface area (Å²) < 4.78 is 27.9. The third-order valence-corrected chi connectivity index (χ3v) is 6.44. The van der Waals surface area contributed by atoms with Crippen molar-refractivity contribution in [1.82, 2.24) is 4.90 Å². The Morgan fingerprint density at radius 2 is 1.75 bits per heavy atom. The van der Waals surface area contributed by atoms with Crippen molar-refractivity contribution in [2.24, 2.45) is 5.92 Å². The standard InChI is InChI=1S/C22H23F2N3O/c23-20-7-8-21(24)19-13-26(10-9-18(19)20)22(28)25-15-2-5-16(6-3-15)27-12-14-1-4-17(27)11-14/h2-3,5-8,14,17H,1,4,9-13H2,(H,25,28). The lowest BCUT2D eigenvalue weighted by Crippen LogP contribution is -2.39. The summed E-state index contributed by atoms with van der Waals surface area (Å²) >= 11 is 0. The second kappa shape index (κ2) is 6.76. The van der Waals surface area contributed by atoms with E-state index in [1.807, 2.05) is 12.1 Å². The SMILES string of the molecule is O=C(Nc1ccc(N2CC3CCC2C3)cc1)N1CCc2c(F)ccc(F)c2C1. The Kier molecular flexibility index (Phi) is 4.22. The largest absolute Gasteiger partial charge is 0.368 e. The van der Waals surface area contributed by atoms with E-state index in [2.05, 4.69) is 22.3 Å². The van der Waals surface area contributed by atoms with Crippen molar-refractivity contribution in [3.63, 3.8) is 0 Å². The second-order valence-electron chi connectivity index (χ2n) is 8.12. The topological polar surface area (TPSA) is 35.6 Å². The summed E-state index contributed by atoms with van der Waals surface area (Å²) in [4.78, 5) is 16.6. The Morgan fingerprint density at radius 3 is 2.43 bits per heavy atom. The Balaban J connectivity index is 1.25. The van der Waals surface area contributed by atoms with Crippen molar-refractivity contribution in [3.05, 3.63) is 59.2 Å². The summed E-state index contributed by atoms with van der Waals surface area (Å²) in [5, 5.41) is 2.88. The molecule has 6 heteroatoms. The van der Waals surface area contributed by atoms with Crippen LogP contribution in [0.15, 0.2) is 36.4 Å². The van der Waals surface area contributed by atoms with Crippen molar-refractivity contribution >= 4 is 17.4 Å². The molecule has 1 aliphatic carbocycles. The van der Waals surface area contributed by atoms with Gasteiger partial charge in [-0.25, -0.2) is 13.6 Å². The van der Waals surface area contributed by atoms with E-state index in [-0.39, 0.29) is 18.1 Å². The van der Waals surface area contributed by atoms with E-state index in [0.29, 0.717) is 30.3 Å². The van der Waals surface area contributed by atoms with Crippen LogP contribution in [0.2, 0.25) is 0 Å². The van der Waals surface area contributed by atoms with Crippen LogP contribution >= 0.6 is 0 Å². The first-order chi connectivity index (χ1) is 13.6. The maximum Gasteiger partial charge on any atom is 0.322 e. The first kappa shape index (κ1) is 17.5. The Labute approximate surface area is 163 Å². The van der Waals surface area contributed by atoms with Crippen LogP contribution in [0.3, 0.4) is 0 Å². The van der Waals surface area contributed by atoms with Crippen LogP contribution in [0.25, 0.3) is 0 Å². The lowest BCUT2D eigenvalue weighted by atomic mass is 9.99. The molecule has 0 spiro atoms. The van der Waals surface area contributed by atoms with Crippen LogP contribution in [0.5, 0.6) is 0 Å². The minimum atomic E-state index is -0.460. The van der Waals surface area contributed by atoms with Crippen LogP contribution in [0.1, 0.15) is 30.4 Å². The summed E-state index contributed by atoms with van der Waals surface area (Å²) in [5.74, 6) is -0.0302. The maximum atomic E-state index is 14.0. The molecule has 2 aliphatic heterocycles. The number of anilines is 2. The fourth-order valence-electron chi connectivity index (χ4n) is 4.95. The Morgan fingerprint density at radius 1 is 1.00 bits per heavy atom. The molecule has 2 heterocycles. The summed E-state index contributed by atoms with van der Waals surface area (Å²) in [6.45, 7) is 1.58. The van der Waals surface area contributed by atoms with Crippen molar-refractivity contribution in [2.45, 2.75) is 38.3 Å². The maximum absolute atomic E-state index is 14.0. The van der Waals surface area contributed by atoms with E-state index in [1.54, 1.807) is 0 Å². The molecule has 2 fully saturated rings. The second-order valence-corrected chi connectivity index (χ2v) is 8.12. The first-order valence-electron chi connectivity index (χ1n) is 9.97. The number of fused-ring (bicyclic) bond motifs is 3. The molecule has 2 aromatic rings. The molecule has 2 bridgehead atoms. The molecule has 2 amide bonds. The van der Waals surface area contributed by atoms with Gasteiger partial charge in [0.15, 0.2) is 0 Å². The van der Waals surface area contributed by atoms with Gasteiger partial charge in [-0.05, 0) is 73.6 Å². The van der Waals surface area contributed by atoms with Gasteiger partial charge in [-0.3, -0.25) is 0 Å². The summed E-state index contributed by atoms with van der Waals surface area (Å²) in [7, 11) is 0. The number of carbonyl (C=O) groups is 1. The highest BCUT2D eigenvalue weighted by Gasteiger charge is 2.37. The summed E-state index contributed by atoms with van der Waals surface area (Å²) in [6.07, 6.45) is 4.24. The molecule has 2 aromatic carbocycles. The highest BCUT2D eigenvalue weighted by atomic mass is 19.1. The molecule has 146 valence electrons. The highest BCUT2D eigenvalue weighted by Crippen LogP contribution is 2.40. The quantitative estimate of drug-likeness (QED) is 0.826. The molecular weight excluding hydrogens is 360 g/mol. The van der Waals surface area contributed by atoms with Gasteiger partial charge in [0.25, 0.3) is 0 Å². The molecular formula is C22H23F2N3O. The molecule has 0 aromatic heterocycles. The van der Waals surface area contributed by atoms with Crippen molar-refractivity contribution < 1.29 is 13.6 Å². The van der Waals surface area contributed by atoms with Crippen LogP contribution < -0.4 is 10.2 Å². The van der Waals surface area contributed by atoms with Gasteiger partial charge < -0.3 is 15.1 Å². The number of carbonyl (C=O) groups excluding carboxylic acids is 1. The van der Waals surface area contributed by atoms with Crippen molar-refractivity contribution in [1.29, 1.82) is 0 Å². The highest BCUT2D eigenvalue weighted by molar-refractivity contribution is 5.89. The number of nitrogens with one attached hydrogen (secondary N) is 1. The van der Waals surface area contributed by atoms with Crippen LogP contribution in [0, 0.1) is 17.6 Å². The molecule has 3 aliphatic rings. The van der Waals surface area contributed by atoms with Crippen LogP contribution in [-0.2, 0) is 13.0 Å². The van der Waals surface area contributed by atoms with Crippen molar-refractivity contribution in [3.8, 4) is 0 Å². The molecule has 2 atom stereocenters. The zero-order valence-corrected chi connectivity index (χ0v) is 15.6. The minimum Gasteiger partial charge on any atom is -0.368 e. The summed E-state index contributed by atoms with van der Waals surface area (Å²) in [5.41, 5.74) is 2.58. The van der Waals surface area contributed by atoms with Gasteiger partial charge in [0.2, 0.25) is 0 Å². The number of urea groups is 1. The smallest absolute Gasteiger partial charge is 0.322 e. The van der Waals surface area contributed by atoms with E-state index >= 15 is 0 Å². The van der Waals surface area contributed by atoms with E-state index in [4.69, 9.17) is 0 Å². The lowest BCUT2D eigenvalue weighted by molar-refractivity contribution is 0.204. The molecule has 0 radical (unpaired) electrons. The number of amides is 2. The predicted octanol–water partition coefficient (Wildman–Crippen LogP) is 4.54. The zero-order valence-electron chi connectivity index (χ0n) is 15.6. The van der Waals surface area contributed by atoms with Gasteiger partial charge in [0.1, 0.15) is 11.6 Å². The monoisotopic (exact) mass is 383 g/mol. The number of halogens is 2.